The Morgan fingerprint density at radius 3 is 1.85 bits per heavy atom. The second-order valence-electron chi connectivity index (χ2n) is 8.93. The van der Waals surface area contributed by atoms with Gasteiger partial charge < -0.3 is 0 Å². The molecule has 6 rings (SSSR count). The van der Waals surface area contributed by atoms with Gasteiger partial charge in [0.05, 0.1) is 23.0 Å². The highest BCUT2D eigenvalue weighted by Crippen LogP contribution is 2.33. The van der Waals surface area contributed by atoms with Crippen LogP contribution in [0.1, 0.15) is 5.56 Å². The fraction of sp³-hybridized carbons (Fsp3) is 0. The van der Waals surface area contributed by atoms with Gasteiger partial charge in [-0.05, 0) is 71.3 Å². The summed E-state index contributed by atoms with van der Waals surface area (Å²) in [5, 5.41) is 9.09. The molecule has 0 amide bonds. The molecule has 6 aromatic rings. The molecule has 3 aromatic carbocycles. The van der Waals surface area contributed by atoms with E-state index in [2.05, 4.69) is 74.4 Å². The molecule has 0 unspecified atom stereocenters. The van der Waals surface area contributed by atoms with Gasteiger partial charge in [0.25, 0.3) is 0 Å². The minimum atomic E-state index is 0.629. The Balaban J connectivity index is 1.45. The van der Waals surface area contributed by atoms with Crippen LogP contribution in [0.25, 0.3) is 56.2 Å². The third-order valence-electron chi connectivity index (χ3n) is 6.38. The molecular weight excluding hydrogens is 546 g/mol. The van der Waals surface area contributed by atoms with Crippen LogP contribution in [0.2, 0.25) is 0 Å². The third-order valence-corrected chi connectivity index (χ3v) is 6.84. The number of benzene rings is 3. The molecule has 0 radical (unpaired) electrons. The van der Waals surface area contributed by atoms with Gasteiger partial charge in [0.2, 0.25) is 0 Å². The Morgan fingerprint density at radius 1 is 0.538 bits per heavy atom. The van der Waals surface area contributed by atoms with E-state index >= 15 is 0 Å². The number of rotatable bonds is 5. The van der Waals surface area contributed by atoms with Gasteiger partial charge in [-0.3, -0.25) is 9.97 Å². The van der Waals surface area contributed by atoms with Gasteiger partial charge in [-0.1, -0.05) is 58.4 Å². The summed E-state index contributed by atoms with van der Waals surface area (Å²) in [6.07, 6.45) is 7.12. The van der Waals surface area contributed by atoms with Crippen molar-refractivity contribution in [2.45, 2.75) is 0 Å². The van der Waals surface area contributed by atoms with Crippen molar-refractivity contribution >= 4 is 15.9 Å². The zero-order valence-corrected chi connectivity index (χ0v) is 22.2. The third kappa shape index (κ3) is 5.35. The van der Waals surface area contributed by atoms with Crippen molar-refractivity contribution in [3.8, 4) is 62.2 Å². The minimum Gasteiger partial charge on any atom is -0.265 e. The van der Waals surface area contributed by atoms with Gasteiger partial charge in [-0.15, -0.1) is 0 Å². The molecule has 0 aliphatic carbocycles. The molecule has 6 heteroatoms. The van der Waals surface area contributed by atoms with Gasteiger partial charge >= 0.3 is 0 Å². The molecule has 39 heavy (non-hydrogen) atoms. The van der Waals surface area contributed by atoms with Crippen molar-refractivity contribution in [2.75, 3.05) is 0 Å². The van der Waals surface area contributed by atoms with E-state index in [-0.39, 0.29) is 0 Å². The zero-order chi connectivity index (χ0) is 26.6. The molecule has 0 atom stereocenters. The van der Waals surface area contributed by atoms with Crippen LogP contribution in [0.5, 0.6) is 0 Å². The minimum absolute atomic E-state index is 0.629. The maximum atomic E-state index is 9.09. The van der Waals surface area contributed by atoms with Crippen molar-refractivity contribution in [3.63, 3.8) is 0 Å². The van der Waals surface area contributed by atoms with E-state index in [1.165, 1.54) is 0 Å². The monoisotopic (exact) mass is 565 g/mol. The molecule has 3 aromatic heterocycles. The lowest BCUT2D eigenvalue weighted by atomic mass is 10.00. The first kappa shape index (κ1) is 24.4. The fourth-order valence-corrected chi connectivity index (χ4v) is 4.87. The maximum absolute atomic E-state index is 9.09. The summed E-state index contributed by atoms with van der Waals surface area (Å²) in [6, 6.07) is 34.1. The summed E-state index contributed by atoms with van der Waals surface area (Å²) >= 11 is 3.68. The van der Waals surface area contributed by atoms with Crippen molar-refractivity contribution in [2.24, 2.45) is 0 Å². The number of hydrogen-bond donors (Lipinski definition) is 0. The lowest BCUT2D eigenvalue weighted by Gasteiger charge is -2.12. The van der Waals surface area contributed by atoms with E-state index in [1.807, 2.05) is 60.8 Å². The van der Waals surface area contributed by atoms with Crippen LogP contribution in [-0.2, 0) is 0 Å². The van der Waals surface area contributed by atoms with Gasteiger partial charge in [0.1, 0.15) is 0 Å². The van der Waals surface area contributed by atoms with Crippen molar-refractivity contribution in [1.29, 1.82) is 5.26 Å². The molecule has 0 aliphatic heterocycles. The van der Waals surface area contributed by atoms with Crippen LogP contribution >= 0.6 is 15.9 Å². The van der Waals surface area contributed by atoms with Crippen LogP contribution < -0.4 is 0 Å². The van der Waals surface area contributed by atoms with Crippen LogP contribution in [0, 0.1) is 11.3 Å². The van der Waals surface area contributed by atoms with Gasteiger partial charge in [0, 0.05) is 51.5 Å². The number of hydrogen-bond acceptors (Lipinski definition) is 5. The van der Waals surface area contributed by atoms with Crippen LogP contribution in [0.4, 0.5) is 0 Å². The molecule has 0 bridgehead atoms. The summed E-state index contributed by atoms with van der Waals surface area (Å²) < 4.78 is 0.955. The van der Waals surface area contributed by atoms with E-state index in [1.54, 1.807) is 18.6 Å². The molecule has 0 saturated heterocycles. The lowest BCUT2D eigenvalue weighted by Crippen LogP contribution is -1.96. The standard InChI is InChI=1S/C33H20BrN5/c34-30-17-28(27-2-1-13-37-21-27)16-29(18-30)32-19-31(38-33(39-32)26-11-14-36-15-12-26)25-9-7-24(8-10-25)23-5-3-22(20-35)4-6-23/h1-19,21H. The average Bonchev–Trinajstić information content (AvgIpc) is 3.01. The first-order chi connectivity index (χ1) is 19.2. The summed E-state index contributed by atoms with van der Waals surface area (Å²) in [5.41, 5.74) is 9.32. The first-order valence-electron chi connectivity index (χ1n) is 12.3. The lowest BCUT2D eigenvalue weighted by molar-refractivity contribution is 1.17. The predicted molar refractivity (Wildman–Crippen MR) is 157 cm³/mol. The van der Waals surface area contributed by atoms with Crippen LogP contribution in [-0.4, -0.2) is 19.9 Å². The molecule has 3 heterocycles. The normalized spacial score (nSPS) is 10.7. The molecule has 5 nitrogen and oxygen atoms in total. The summed E-state index contributed by atoms with van der Waals surface area (Å²) in [5.74, 6) is 0.629. The number of nitriles is 1. The van der Waals surface area contributed by atoms with E-state index in [0.29, 0.717) is 11.4 Å². The topological polar surface area (TPSA) is 75.3 Å². The summed E-state index contributed by atoms with van der Waals surface area (Å²) in [7, 11) is 0. The van der Waals surface area contributed by atoms with Gasteiger partial charge in [0.15, 0.2) is 5.82 Å². The fourth-order valence-electron chi connectivity index (χ4n) is 4.38. The van der Waals surface area contributed by atoms with Crippen LogP contribution in [0.15, 0.2) is 126 Å². The van der Waals surface area contributed by atoms with Crippen LogP contribution in [0.3, 0.4) is 0 Å². The number of nitrogens with zero attached hydrogens (tertiary/aromatic N) is 5. The molecule has 0 saturated carbocycles. The molecule has 0 aliphatic rings. The second kappa shape index (κ2) is 10.8. The van der Waals surface area contributed by atoms with E-state index in [4.69, 9.17) is 15.2 Å². The van der Waals surface area contributed by atoms with Crippen molar-refractivity contribution < 1.29 is 0 Å². The average molecular weight is 566 g/mol. The number of pyridine rings is 2. The van der Waals surface area contributed by atoms with Gasteiger partial charge in [-0.2, -0.15) is 5.26 Å². The maximum Gasteiger partial charge on any atom is 0.160 e. The Kier molecular flexibility index (Phi) is 6.73. The highest BCUT2D eigenvalue weighted by molar-refractivity contribution is 9.10. The molecule has 0 spiro atoms. The highest BCUT2D eigenvalue weighted by atomic mass is 79.9. The summed E-state index contributed by atoms with van der Waals surface area (Å²) in [4.78, 5) is 18.3. The number of aromatic nitrogens is 4. The van der Waals surface area contributed by atoms with E-state index < -0.39 is 0 Å². The molecular formula is C33H20BrN5. The Labute approximate surface area is 234 Å². The zero-order valence-electron chi connectivity index (χ0n) is 20.7. The molecule has 0 fully saturated rings. The smallest absolute Gasteiger partial charge is 0.160 e. The Hall–Kier alpha value is -4.99. The highest BCUT2D eigenvalue weighted by Gasteiger charge is 2.13. The van der Waals surface area contributed by atoms with E-state index in [0.717, 1.165) is 54.8 Å². The van der Waals surface area contributed by atoms with Crippen molar-refractivity contribution in [1.82, 2.24) is 19.9 Å². The number of halogens is 1. The van der Waals surface area contributed by atoms with E-state index in [9.17, 15) is 0 Å². The van der Waals surface area contributed by atoms with Crippen molar-refractivity contribution in [3.05, 3.63) is 132 Å². The first-order valence-corrected chi connectivity index (χ1v) is 13.1. The SMILES string of the molecule is N#Cc1ccc(-c2ccc(-c3cc(-c4cc(Br)cc(-c5cccnc5)c4)nc(-c4ccncc4)n3)cc2)cc1. The predicted octanol–water partition coefficient (Wildman–Crippen LogP) is 8.24. The Morgan fingerprint density at radius 2 is 1.18 bits per heavy atom. The largest absolute Gasteiger partial charge is 0.265 e. The second-order valence-corrected chi connectivity index (χ2v) is 9.85. The molecule has 0 N–H and O–H groups in total. The molecule has 184 valence electrons. The quantitative estimate of drug-likeness (QED) is 0.210. The Bertz CT molecular complexity index is 1800. The van der Waals surface area contributed by atoms with Gasteiger partial charge in [-0.25, -0.2) is 9.97 Å². The summed E-state index contributed by atoms with van der Waals surface area (Å²) in [6.45, 7) is 0.